The molecule has 3 nitrogen and oxygen atoms in total. The van der Waals surface area contributed by atoms with E-state index in [9.17, 15) is 0 Å². The van der Waals surface area contributed by atoms with Gasteiger partial charge in [-0.1, -0.05) is 23.7 Å². The third-order valence-corrected chi connectivity index (χ3v) is 3.38. The van der Waals surface area contributed by atoms with E-state index in [1.807, 2.05) is 31.2 Å². The van der Waals surface area contributed by atoms with Gasteiger partial charge in [-0.2, -0.15) is 5.26 Å². The van der Waals surface area contributed by atoms with Crippen LogP contribution < -0.4 is 0 Å². The number of benzene rings is 2. The zero-order chi connectivity index (χ0) is 13.4. The third kappa shape index (κ3) is 1.96. The zero-order valence-electron chi connectivity index (χ0n) is 10.2. The molecule has 0 aliphatic rings. The summed E-state index contributed by atoms with van der Waals surface area (Å²) in [6, 6.07) is 13.3. The fraction of sp³-hybridized carbons (Fsp3) is 0.0667. The number of fused-ring (bicyclic) bond motifs is 1. The van der Waals surface area contributed by atoms with E-state index in [0.717, 1.165) is 28.0 Å². The number of hydrogen-bond acceptors (Lipinski definition) is 2. The van der Waals surface area contributed by atoms with Crippen molar-refractivity contribution in [3.8, 4) is 17.5 Å². The summed E-state index contributed by atoms with van der Waals surface area (Å²) in [4.78, 5) is 7.75. The maximum Gasteiger partial charge on any atom is 0.140 e. The van der Waals surface area contributed by atoms with Crippen LogP contribution >= 0.6 is 11.6 Å². The van der Waals surface area contributed by atoms with Crippen LogP contribution in [0.25, 0.3) is 22.4 Å². The molecule has 0 unspecified atom stereocenters. The molecule has 0 amide bonds. The number of rotatable bonds is 1. The predicted molar refractivity (Wildman–Crippen MR) is 76.0 cm³/mol. The average molecular weight is 268 g/mol. The van der Waals surface area contributed by atoms with Crippen LogP contribution in [0.1, 0.15) is 11.1 Å². The van der Waals surface area contributed by atoms with E-state index in [4.69, 9.17) is 16.9 Å². The number of imidazole rings is 1. The standard InChI is InChI=1S/C15H10ClN3/c1-9-3-2-4-11(16)14(9)15-18-12-6-5-10(8-17)7-13(12)19-15/h2-7H,1H3,(H,18,19). The summed E-state index contributed by atoms with van der Waals surface area (Å²) in [5.41, 5.74) is 4.24. The number of nitrogens with one attached hydrogen (secondary N) is 1. The Morgan fingerprint density at radius 1 is 1.26 bits per heavy atom. The highest BCUT2D eigenvalue weighted by atomic mass is 35.5. The molecule has 1 aromatic heterocycles. The van der Waals surface area contributed by atoms with Crippen molar-refractivity contribution in [3.05, 3.63) is 52.5 Å². The maximum absolute atomic E-state index is 8.90. The van der Waals surface area contributed by atoms with Gasteiger partial charge >= 0.3 is 0 Å². The summed E-state index contributed by atoms with van der Waals surface area (Å²) in [5, 5.41) is 9.57. The van der Waals surface area contributed by atoms with Gasteiger partial charge in [-0.25, -0.2) is 4.98 Å². The van der Waals surface area contributed by atoms with Crippen LogP contribution in [0.4, 0.5) is 0 Å². The Balaban J connectivity index is 2.24. The van der Waals surface area contributed by atoms with E-state index in [2.05, 4.69) is 16.0 Å². The Labute approximate surface area is 115 Å². The van der Waals surface area contributed by atoms with Crippen molar-refractivity contribution in [1.29, 1.82) is 5.26 Å². The SMILES string of the molecule is Cc1cccc(Cl)c1-c1nc2ccc(C#N)cc2[nH]1. The first-order valence-corrected chi connectivity index (χ1v) is 6.22. The number of aromatic amines is 1. The molecular weight excluding hydrogens is 258 g/mol. The first-order valence-electron chi connectivity index (χ1n) is 5.84. The summed E-state index contributed by atoms with van der Waals surface area (Å²) < 4.78 is 0. The Kier molecular flexibility index (Phi) is 2.73. The minimum atomic E-state index is 0.610. The molecule has 92 valence electrons. The predicted octanol–water partition coefficient (Wildman–Crippen LogP) is 4.06. The molecule has 3 aromatic rings. The zero-order valence-corrected chi connectivity index (χ0v) is 11.0. The normalized spacial score (nSPS) is 10.6. The van der Waals surface area contributed by atoms with Crippen molar-refractivity contribution in [3.63, 3.8) is 0 Å². The molecule has 0 fully saturated rings. The van der Waals surface area contributed by atoms with E-state index in [-0.39, 0.29) is 0 Å². The van der Waals surface area contributed by atoms with Gasteiger partial charge in [0.15, 0.2) is 0 Å². The molecule has 0 saturated heterocycles. The second-order valence-corrected chi connectivity index (χ2v) is 4.77. The number of nitrogens with zero attached hydrogens (tertiary/aromatic N) is 2. The van der Waals surface area contributed by atoms with Gasteiger partial charge in [0.2, 0.25) is 0 Å². The molecule has 1 heterocycles. The smallest absolute Gasteiger partial charge is 0.140 e. The largest absolute Gasteiger partial charge is 0.338 e. The molecule has 2 aromatic carbocycles. The third-order valence-electron chi connectivity index (χ3n) is 3.07. The topological polar surface area (TPSA) is 52.5 Å². The number of halogens is 1. The summed E-state index contributed by atoms with van der Waals surface area (Å²) in [7, 11) is 0. The highest BCUT2D eigenvalue weighted by Crippen LogP contribution is 2.30. The first kappa shape index (κ1) is 11.8. The van der Waals surface area contributed by atoms with Crippen LogP contribution in [-0.4, -0.2) is 9.97 Å². The van der Waals surface area contributed by atoms with Crippen molar-refractivity contribution < 1.29 is 0 Å². The van der Waals surface area contributed by atoms with Gasteiger partial charge < -0.3 is 4.98 Å². The highest BCUT2D eigenvalue weighted by molar-refractivity contribution is 6.33. The Hall–Kier alpha value is -2.31. The Morgan fingerprint density at radius 3 is 2.84 bits per heavy atom. The fourth-order valence-corrected chi connectivity index (χ4v) is 2.44. The van der Waals surface area contributed by atoms with Gasteiger partial charge in [0.25, 0.3) is 0 Å². The van der Waals surface area contributed by atoms with Crippen molar-refractivity contribution in [2.75, 3.05) is 0 Å². The quantitative estimate of drug-likeness (QED) is 0.723. The lowest BCUT2D eigenvalue weighted by Gasteiger charge is -2.04. The molecule has 0 saturated carbocycles. The number of aryl methyl sites for hydroxylation is 1. The molecule has 0 bridgehead atoms. The van der Waals surface area contributed by atoms with Crippen LogP contribution in [0, 0.1) is 18.3 Å². The molecule has 0 aliphatic heterocycles. The lowest BCUT2D eigenvalue weighted by atomic mass is 10.1. The van der Waals surface area contributed by atoms with Gasteiger partial charge in [-0.15, -0.1) is 0 Å². The second-order valence-electron chi connectivity index (χ2n) is 4.36. The van der Waals surface area contributed by atoms with Crippen LogP contribution in [0.5, 0.6) is 0 Å². The van der Waals surface area contributed by atoms with Crippen molar-refractivity contribution in [1.82, 2.24) is 9.97 Å². The van der Waals surface area contributed by atoms with Crippen LogP contribution in [0.2, 0.25) is 5.02 Å². The summed E-state index contributed by atoms with van der Waals surface area (Å²) >= 11 is 6.24. The van der Waals surface area contributed by atoms with E-state index in [0.29, 0.717) is 10.6 Å². The summed E-state index contributed by atoms with van der Waals surface area (Å²) in [6.07, 6.45) is 0. The molecular formula is C15H10ClN3. The molecule has 0 aliphatic carbocycles. The number of nitriles is 1. The van der Waals surface area contributed by atoms with Gasteiger partial charge in [-0.05, 0) is 36.8 Å². The van der Waals surface area contributed by atoms with Crippen LogP contribution in [-0.2, 0) is 0 Å². The molecule has 3 rings (SSSR count). The van der Waals surface area contributed by atoms with Crippen LogP contribution in [0.15, 0.2) is 36.4 Å². The summed E-state index contributed by atoms with van der Waals surface area (Å²) in [6.45, 7) is 2.00. The second kappa shape index (κ2) is 4.42. The van der Waals surface area contributed by atoms with E-state index >= 15 is 0 Å². The van der Waals surface area contributed by atoms with Gasteiger partial charge in [0.05, 0.1) is 27.7 Å². The summed E-state index contributed by atoms with van der Waals surface area (Å²) in [5.74, 6) is 0.730. The molecule has 1 N–H and O–H groups in total. The average Bonchev–Trinajstić information content (AvgIpc) is 2.80. The number of hydrogen-bond donors (Lipinski definition) is 1. The lowest BCUT2D eigenvalue weighted by Crippen LogP contribution is -1.86. The minimum Gasteiger partial charge on any atom is -0.338 e. The molecule has 19 heavy (non-hydrogen) atoms. The number of H-pyrrole nitrogens is 1. The van der Waals surface area contributed by atoms with E-state index in [1.165, 1.54) is 0 Å². The van der Waals surface area contributed by atoms with Gasteiger partial charge in [0, 0.05) is 5.56 Å². The van der Waals surface area contributed by atoms with Crippen molar-refractivity contribution >= 4 is 22.6 Å². The van der Waals surface area contributed by atoms with Gasteiger partial charge in [-0.3, -0.25) is 0 Å². The maximum atomic E-state index is 8.90. The number of aromatic nitrogens is 2. The molecule has 0 atom stereocenters. The van der Waals surface area contributed by atoms with Crippen molar-refractivity contribution in [2.45, 2.75) is 6.92 Å². The highest BCUT2D eigenvalue weighted by Gasteiger charge is 2.11. The molecule has 0 spiro atoms. The fourth-order valence-electron chi connectivity index (χ4n) is 2.13. The first-order chi connectivity index (χ1) is 9.19. The Morgan fingerprint density at radius 2 is 2.11 bits per heavy atom. The molecule has 4 heteroatoms. The Bertz CT molecular complexity index is 792. The van der Waals surface area contributed by atoms with Crippen LogP contribution in [0.3, 0.4) is 0 Å². The van der Waals surface area contributed by atoms with Gasteiger partial charge in [0.1, 0.15) is 5.82 Å². The van der Waals surface area contributed by atoms with E-state index in [1.54, 1.807) is 12.1 Å². The monoisotopic (exact) mass is 267 g/mol. The molecule has 0 radical (unpaired) electrons. The van der Waals surface area contributed by atoms with Crippen molar-refractivity contribution in [2.24, 2.45) is 0 Å². The minimum absolute atomic E-state index is 0.610. The lowest BCUT2D eigenvalue weighted by molar-refractivity contribution is 1.31. The van der Waals surface area contributed by atoms with E-state index < -0.39 is 0 Å².